The van der Waals surface area contributed by atoms with Crippen molar-refractivity contribution >= 4 is 17.5 Å². The third-order valence-electron chi connectivity index (χ3n) is 9.07. The molecule has 0 spiro atoms. The summed E-state index contributed by atoms with van der Waals surface area (Å²) in [5.41, 5.74) is 1.21. The molecule has 216 valence electrons. The van der Waals surface area contributed by atoms with Crippen molar-refractivity contribution in [3.8, 4) is 5.75 Å². The first-order valence-electron chi connectivity index (χ1n) is 13.4. The number of nitrogens with two attached hydrogens (primary N) is 1. The Morgan fingerprint density at radius 1 is 1.25 bits per heavy atom. The molecule has 7 N–H and O–H groups in total. The normalized spacial score (nSPS) is 30.6. The van der Waals surface area contributed by atoms with Crippen LogP contribution < -0.4 is 5.73 Å². The molecule has 0 radical (unpaired) electrons. The van der Waals surface area contributed by atoms with E-state index >= 15 is 4.39 Å². The van der Waals surface area contributed by atoms with Gasteiger partial charge in [0.1, 0.15) is 28.7 Å². The predicted molar refractivity (Wildman–Crippen MR) is 139 cm³/mol. The highest BCUT2D eigenvalue weighted by Gasteiger charge is 2.63. The molecule has 11 nitrogen and oxygen atoms in total. The maximum Gasteiger partial charge on any atom is 0.255 e. The molecule has 1 fully saturated rings. The number of allylic oxidation sites excluding steroid dienone is 1. The van der Waals surface area contributed by atoms with Crippen molar-refractivity contribution in [2.24, 2.45) is 17.6 Å². The van der Waals surface area contributed by atoms with Gasteiger partial charge in [-0.1, -0.05) is 0 Å². The lowest BCUT2D eigenvalue weighted by molar-refractivity contribution is -0.148. The van der Waals surface area contributed by atoms with Crippen LogP contribution in [0.15, 0.2) is 28.7 Å². The molecule has 1 heterocycles. The molecule has 1 saturated heterocycles. The van der Waals surface area contributed by atoms with Gasteiger partial charge in [-0.15, -0.1) is 0 Å². The molecule has 0 aromatic heterocycles. The van der Waals surface area contributed by atoms with Crippen LogP contribution >= 0.6 is 0 Å². The quantitative estimate of drug-likeness (QED) is 0.270. The second kappa shape index (κ2) is 9.95. The van der Waals surface area contributed by atoms with Gasteiger partial charge in [0.25, 0.3) is 5.91 Å². The largest absolute Gasteiger partial charge is 0.510 e. The van der Waals surface area contributed by atoms with Crippen molar-refractivity contribution in [2.45, 2.75) is 56.3 Å². The summed E-state index contributed by atoms with van der Waals surface area (Å²) >= 11 is 0. The molecular formula is C28H34FN3O8. The van der Waals surface area contributed by atoms with Crippen LogP contribution in [0.3, 0.4) is 0 Å². The fourth-order valence-corrected chi connectivity index (χ4v) is 7.27. The number of hydrogen-bond acceptors (Lipinski definition) is 10. The van der Waals surface area contributed by atoms with Crippen molar-refractivity contribution in [1.82, 2.24) is 9.80 Å². The number of halogens is 1. The Labute approximate surface area is 230 Å². The molecule has 1 aliphatic heterocycles. The van der Waals surface area contributed by atoms with Gasteiger partial charge in [-0.3, -0.25) is 24.2 Å². The van der Waals surface area contributed by atoms with Crippen LogP contribution in [0, 0.1) is 17.7 Å². The molecule has 4 aliphatic rings. The number of phenols is 1. The smallest absolute Gasteiger partial charge is 0.255 e. The first kappa shape index (κ1) is 28.2. The van der Waals surface area contributed by atoms with E-state index in [1.165, 1.54) is 11.0 Å². The summed E-state index contributed by atoms with van der Waals surface area (Å²) in [5.74, 6) is -8.36. The summed E-state index contributed by atoms with van der Waals surface area (Å²) in [4.78, 5) is 42.6. The molecule has 1 aromatic carbocycles. The molecule has 1 amide bonds. The first-order valence-corrected chi connectivity index (χ1v) is 13.4. The number of hydrogen-bond donors (Lipinski definition) is 6. The molecule has 40 heavy (non-hydrogen) atoms. The molecule has 3 aliphatic carbocycles. The number of benzene rings is 1. The maximum atomic E-state index is 16.0. The Kier molecular flexibility index (Phi) is 7.02. The average Bonchev–Trinajstić information content (AvgIpc) is 3.30. The number of phenolic OH excluding ortho intramolecular Hbond substituents is 1. The van der Waals surface area contributed by atoms with Crippen LogP contribution in [0.25, 0.3) is 0 Å². The van der Waals surface area contributed by atoms with E-state index < -0.39 is 69.6 Å². The van der Waals surface area contributed by atoms with Crippen LogP contribution in [0.1, 0.15) is 47.2 Å². The van der Waals surface area contributed by atoms with Crippen LogP contribution in [-0.2, 0) is 22.6 Å². The number of carbonyl (C=O) groups excluding carboxylic acids is 3. The number of amides is 1. The number of primary amides is 1. The van der Waals surface area contributed by atoms with E-state index in [2.05, 4.69) is 0 Å². The van der Waals surface area contributed by atoms with Crippen molar-refractivity contribution in [2.75, 3.05) is 27.2 Å². The van der Waals surface area contributed by atoms with Gasteiger partial charge in [-0.2, -0.15) is 0 Å². The second-order valence-electron chi connectivity index (χ2n) is 11.5. The lowest BCUT2D eigenvalue weighted by Gasteiger charge is -2.50. The summed E-state index contributed by atoms with van der Waals surface area (Å²) in [6.07, 6.45) is 2.08. The number of aromatic hydroxyl groups is 1. The number of likely N-dealkylation sites (tertiary alicyclic amines) is 1. The van der Waals surface area contributed by atoms with E-state index in [1.807, 2.05) is 4.90 Å². The van der Waals surface area contributed by atoms with Gasteiger partial charge < -0.3 is 31.3 Å². The zero-order chi connectivity index (χ0) is 29.3. The molecule has 0 saturated carbocycles. The summed E-state index contributed by atoms with van der Waals surface area (Å²) < 4.78 is 16.0. The highest BCUT2D eigenvalue weighted by molar-refractivity contribution is 6.24. The van der Waals surface area contributed by atoms with Crippen LogP contribution in [0.4, 0.5) is 4.39 Å². The Bertz CT molecular complexity index is 1370. The van der Waals surface area contributed by atoms with E-state index in [0.29, 0.717) is 13.0 Å². The molecule has 5 atom stereocenters. The summed E-state index contributed by atoms with van der Waals surface area (Å²) in [5, 5.41) is 54.0. The predicted octanol–water partition coefficient (Wildman–Crippen LogP) is 0.607. The van der Waals surface area contributed by atoms with Gasteiger partial charge in [0.05, 0.1) is 11.6 Å². The minimum absolute atomic E-state index is 0.00348. The lowest BCUT2D eigenvalue weighted by Crippen LogP contribution is -2.63. The fraction of sp³-hybridized carbons (Fsp3) is 0.536. The van der Waals surface area contributed by atoms with E-state index in [1.54, 1.807) is 14.1 Å². The SMILES string of the molecule is CN(C)[C@@H]1C(O)=C(C(N)=O)C(=O)[C@@]2(O)C(O)=C3C(=O)c4c(O)cc(CN5CCC[C@H]5CCO)c(F)c4C[C@H]3C[C@@H]12. The molecule has 1 aromatic rings. The van der Waals surface area contributed by atoms with E-state index in [9.17, 15) is 39.9 Å². The molecule has 5 rings (SSSR count). The number of rotatable bonds is 6. The Morgan fingerprint density at radius 2 is 1.95 bits per heavy atom. The molecule has 0 bridgehead atoms. The van der Waals surface area contributed by atoms with Gasteiger partial charge in [-0.05, 0) is 64.7 Å². The van der Waals surface area contributed by atoms with E-state index in [4.69, 9.17) is 5.73 Å². The van der Waals surface area contributed by atoms with Gasteiger partial charge >= 0.3 is 0 Å². The molecule has 0 unspecified atom stereocenters. The topological polar surface area (TPSA) is 185 Å². The minimum atomic E-state index is -2.74. The van der Waals surface area contributed by atoms with Crippen molar-refractivity contribution in [3.63, 3.8) is 0 Å². The summed E-state index contributed by atoms with van der Waals surface area (Å²) in [7, 11) is 3.08. The van der Waals surface area contributed by atoms with Crippen molar-refractivity contribution < 1.29 is 44.3 Å². The maximum absolute atomic E-state index is 16.0. The number of nitrogens with zero attached hydrogens (tertiary/aromatic N) is 2. The van der Waals surface area contributed by atoms with E-state index in [0.717, 1.165) is 12.8 Å². The van der Waals surface area contributed by atoms with Crippen LogP contribution in [0.2, 0.25) is 0 Å². The zero-order valence-electron chi connectivity index (χ0n) is 22.4. The highest BCUT2D eigenvalue weighted by Crippen LogP contribution is 2.52. The van der Waals surface area contributed by atoms with Crippen molar-refractivity contribution in [1.29, 1.82) is 0 Å². The fourth-order valence-electron chi connectivity index (χ4n) is 7.27. The van der Waals surface area contributed by atoms with Crippen molar-refractivity contribution in [3.05, 3.63) is 51.2 Å². The molecule has 12 heteroatoms. The average molecular weight is 560 g/mol. The first-order chi connectivity index (χ1) is 18.8. The Hall–Kier alpha value is -3.32. The number of ketones is 2. The zero-order valence-corrected chi connectivity index (χ0v) is 22.4. The number of aliphatic hydroxyl groups excluding tert-OH is 3. The lowest BCUT2D eigenvalue weighted by atomic mass is 9.58. The van der Waals surface area contributed by atoms with E-state index in [-0.39, 0.29) is 54.3 Å². The third kappa shape index (κ3) is 3.96. The number of aliphatic hydroxyl groups is 4. The van der Waals surface area contributed by atoms with Gasteiger partial charge in [0, 0.05) is 41.8 Å². The van der Waals surface area contributed by atoms with Gasteiger partial charge in [0.15, 0.2) is 11.4 Å². The number of carbonyl (C=O) groups is 3. The standard InChI is InChI=1S/C28H34FN3O8/c1-31(2)22-16-9-12-8-15-19(17(34)10-13(21(15)29)11-32-6-3-4-14(32)5-7-33)23(35)18(12)25(37)28(16,40)26(38)20(24(22)36)27(30)39/h10,12,14,16,22,33-34,36-37,40H,3-9,11H2,1-2H3,(H2,30,39)/t12-,14-,16-,22-,28-/m0/s1. The number of fused-ring (bicyclic) bond motifs is 3. The minimum Gasteiger partial charge on any atom is -0.510 e. The molecular weight excluding hydrogens is 525 g/mol. The monoisotopic (exact) mass is 559 g/mol. The Morgan fingerprint density at radius 3 is 2.58 bits per heavy atom. The summed E-state index contributed by atoms with van der Waals surface area (Å²) in [6.45, 7) is 0.885. The number of likely N-dealkylation sites (N-methyl/N-ethyl adjacent to an activating group) is 1. The Balaban J connectivity index is 1.60. The summed E-state index contributed by atoms with van der Waals surface area (Å²) in [6, 6.07) is 0.136. The van der Waals surface area contributed by atoms with Gasteiger partial charge in [0.2, 0.25) is 5.78 Å². The van der Waals surface area contributed by atoms with Crippen LogP contribution in [0.5, 0.6) is 5.75 Å². The van der Waals surface area contributed by atoms with Gasteiger partial charge in [-0.25, -0.2) is 4.39 Å². The van der Waals surface area contributed by atoms with Crippen LogP contribution in [-0.4, -0.2) is 97.7 Å². The second-order valence-corrected chi connectivity index (χ2v) is 11.5. The highest BCUT2D eigenvalue weighted by atomic mass is 19.1. The number of Topliss-reactive ketones (excluding diaryl/α,β-unsaturated/α-hetero) is 2. The third-order valence-corrected chi connectivity index (χ3v) is 9.07.